The summed E-state index contributed by atoms with van der Waals surface area (Å²) in [5.41, 5.74) is 1.73. The van der Waals surface area contributed by atoms with E-state index < -0.39 is 10.0 Å². The number of fused-ring (bicyclic) bond motifs is 1. The Bertz CT molecular complexity index is 917. The molecule has 6 heteroatoms. The number of hydrogen-bond donors (Lipinski definition) is 1. The fraction of sp³-hybridized carbons (Fsp3) is 0.421. The average Bonchev–Trinajstić information content (AvgIpc) is 2.90. The first-order valence-corrected chi connectivity index (χ1v) is 10.6. The molecule has 0 bridgehead atoms. The van der Waals surface area contributed by atoms with Gasteiger partial charge in [-0.2, -0.15) is 5.26 Å². The van der Waals surface area contributed by atoms with Gasteiger partial charge in [-0.15, -0.1) is 11.3 Å². The van der Waals surface area contributed by atoms with Gasteiger partial charge in [-0.05, 0) is 48.3 Å². The van der Waals surface area contributed by atoms with Crippen LogP contribution in [0.2, 0.25) is 0 Å². The molecule has 132 valence electrons. The van der Waals surface area contributed by atoms with Crippen LogP contribution < -0.4 is 4.72 Å². The van der Waals surface area contributed by atoms with Crippen molar-refractivity contribution in [3.63, 3.8) is 0 Å². The van der Waals surface area contributed by atoms with Crippen molar-refractivity contribution in [1.29, 1.82) is 5.26 Å². The lowest BCUT2D eigenvalue weighted by Crippen LogP contribution is -2.26. The zero-order valence-corrected chi connectivity index (χ0v) is 16.3. The number of hydrogen-bond acceptors (Lipinski definition) is 4. The monoisotopic (exact) mass is 374 g/mol. The van der Waals surface area contributed by atoms with Crippen LogP contribution in [-0.2, 0) is 22.9 Å². The van der Waals surface area contributed by atoms with Crippen LogP contribution in [0.4, 0.5) is 5.00 Å². The average molecular weight is 375 g/mol. The molecule has 0 amide bonds. The van der Waals surface area contributed by atoms with Gasteiger partial charge >= 0.3 is 0 Å². The quantitative estimate of drug-likeness (QED) is 0.855. The first kappa shape index (κ1) is 18.0. The van der Waals surface area contributed by atoms with Crippen LogP contribution in [0.15, 0.2) is 35.2 Å². The van der Waals surface area contributed by atoms with E-state index in [2.05, 4.69) is 31.6 Å². The van der Waals surface area contributed by atoms with Crippen LogP contribution in [0.5, 0.6) is 0 Å². The van der Waals surface area contributed by atoms with Gasteiger partial charge in [0.2, 0.25) is 0 Å². The normalized spacial score (nSPS) is 17.6. The Morgan fingerprint density at radius 1 is 1.24 bits per heavy atom. The number of nitrogens with zero attached hydrogens (tertiary/aromatic N) is 1. The van der Waals surface area contributed by atoms with E-state index in [0.717, 1.165) is 29.7 Å². The van der Waals surface area contributed by atoms with E-state index in [1.54, 1.807) is 30.3 Å². The van der Waals surface area contributed by atoms with Crippen LogP contribution in [0, 0.1) is 22.7 Å². The predicted octanol–water partition coefficient (Wildman–Crippen LogP) is 4.57. The van der Waals surface area contributed by atoms with Crippen LogP contribution in [0.1, 0.15) is 43.2 Å². The largest absolute Gasteiger partial charge is 0.269 e. The molecule has 1 aliphatic rings. The molecule has 0 saturated heterocycles. The lowest BCUT2D eigenvalue weighted by Gasteiger charge is -2.33. The molecule has 0 aliphatic heterocycles. The van der Waals surface area contributed by atoms with Crippen molar-refractivity contribution in [2.45, 2.75) is 44.9 Å². The standard InChI is InChI=1S/C19H22N2O2S2/c1-19(2,3)13-9-10-15-16(12-20)18(24-17(15)11-13)21-25(22,23)14-7-5-4-6-8-14/h4-8,13,21H,9-11H2,1-3H3/t13-/m0/s1. The highest BCUT2D eigenvalue weighted by Gasteiger charge is 2.32. The van der Waals surface area contributed by atoms with Crippen LogP contribution >= 0.6 is 11.3 Å². The van der Waals surface area contributed by atoms with Gasteiger partial charge in [0.25, 0.3) is 10.0 Å². The third kappa shape index (κ3) is 3.58. The van der Waals surface area contributed by atoms with Gasteiger partial charge in [-0.3, -0.25) is 4.72 Å². The van der Waals surface area contributed by atoms with Crippen molar-refractivity contribution in [2.24, 2.45) is 11.3 Å². The van der Waals surface area contributed by atoms with Crippen LogP contribution in [0.3, 0.4) is 0 Å². The molecule has 0 fully saturated rings. The highest BCUT2D eigenvalue weighted by Crippen LogP contribution is 2.44. The minimum absolute atomic E-state index is 0.206. The molecule has 1 aromatic heterocycles. The van der Waals surface area contributed by atoms with Gasteiger partial charge in [-0.25, -0.2) is 8.42 Å². The molecule has 25 heavy (non-hydrogen) atoms. The topological polar surface area (TPSA) is 70.0 Å². The SMILES string of the molecule is CC(C)(C)[C@H]1CCc2c(sc(NS(=O)(=O)c3ccccc3)c2C#N)C1. The molecule has 2 aromatic rings. The van der Waals surface area contributed by atoms with E-state index in [4.69, 9.17) is 0 Å². The van der Waals surface area contributed by atoms with E-state index in [-0.39, 0.29) is 10.3 Å². The van der Waals surface area contributed by atoms with E-state index in [0.29, 0.717) is 16.5 Å². The summed E-state index contributed by atoms with van der Waals surface area (Å²) in [6, 6.07) is 10.5. The zero-order valence-electron chi connectivity index (χ0n) is 14.7. The lowest BCUT2D eigenvalue weighted by atomic mass is 9.72. The first-order valence-electron chi connectivity index (χ1n) is 8.35. The highest BCUT2D eigenvalue weighted by atomic mass is 32.2. The van der Waals surface area contributed by atoms with Crippen molar-refractivity contribution in [3.8, 4) is 6.07 Å². The number of anilines is 1. The van der Waals surface area contributed by atoms with E-state index >= 15 is 0 Å². The van der Waals surface area contributed by atoms with Gasteiger partial charge < -0.3 is 0 Å². The summed E-state index contributed by atoms with van der Waals surface area (Å²) >= 11 is 1.42. The second-order valence-electron chi connectivity index (χ2n) is 7.54. The van der Waals surface area contributed by atoms with Gasteiger partial charge in [0, 0.05) is 4.88 Å². The van der Waals surface area contributed by atoms with Crippen molar-refractivity contribution in [3.05, 3.63) is 46.3 Å². The molecule has 0 saturated carbocycles. The van der Waals surface area contributed by atoms with Crippen LogP contribution in [-0.4, -0.2) is 8.42 Å². The minimum Gasteiger partial charge on any atom is -0.269 e. The molecule has 1 aliphatic carbocycles. The molecular formula is C19H22N2O2S2. The lowest BCUT2D eigenvalue weighted by molar-refractivity contribution is 0.218. The summed E-state index contributed by atoms with van der Waals surface area (Å²) in [6.45, 7) is 6.71. The molecule has 0 unspecified atom stereocenters. The Morgan fingerprint density at radius 2 is 1.92 bits per heavy atom. The number of rotatable bonds is 3. The van der Waals surface area contributed by atoms with Gasteiger partial charge in [0.15, 0.2) is 0 Å². The fourth-order valence-corrected chi connectivity index (χ4v) is 5.90. The third-order valence-electron chi connectivity index (χ3n) is 4.88. The Kier molecular flexibility index (Phi) is 4.65. The predicted molar refractivity (Wildman–Crippen MR) is 101 cm³/mol. The van der Waals surface area contributed by atoms with Crippen molar-refractivity contribution in [1.82, 2.24) is 0 Å². The third-order valence-corrected chi connectivity index (χ3v) is 7.55. The molecule has 0 radical (unpaired) electrons. The zero-order chi connectivity index (χ0) is 18.2. The van der Waals surface area contributed by atoms with Gasteiger partial charge in [0.05, 0.1) is 10.5 Å². The molecule has 1 aromatic carbocycles. The summed E-state index contributed by atoms with van der Waals surface area (Å²) in [5, 5.41) is 10.0. The molecular weight excluding hydrogens is 352 g/mol. The van der Waals surface area contributed by atoms with Crippen molar-refractivity contribution in [2.75, 3.05) is 4.72 Å². The molecule has 1 N–H and O–H groups in total. The summed E-state index contributed by atoms with van der Waals surface area (Å²) in [6.07, 6.45) is 2.78. The van der Waals surface area contributed by atoms with Gasteiger partial charge in [-0.1, -0.05) is 39.0 Å². The second kappa shape index (κ2) is 6.47. The Hall–Kier alpha value is -1.84. The summed E-state index contributed by atoms with van der Waals surface area (Å²) < 4.78 is 27.8. The van der Waals surface area contributed by atoms with E-state index in [1.165, 1.54) is 11.3 Å². The molecule has 3 rings (SSSR count). The maximum Gasteiger partial charge on any atom is 0.262 e. The van der Waals surface area contributed by atoms with Gasteiger partial charge in [0.1, 0.15) is 11.1 Å². The van der Waals surface area contributed by atoms with Crippen molar-refractivity contribution >= 4 is 26.4 Å². The fourth-order valence-electron chi connectivity index (χ4n) is 3.30. The number of benzene rings is 1. The Morgan fingerprint density at radius 3 is 2.52 bits per heavy atom. The maximum absolute atomic E-state index is 12.6. The summed E-state index contributed by atoms with van der Waals surface area (Å²) in [5.74, 6) is 0.545. The molecule has 0 spiro atoms. The first-order chi connectivity index (χ1) is 11.7. The Labute approximate surface area is 153 Å². The van der Waals surface area contributed by atoms with E-state index in [9.17, 15) is 13.7 Å². The summed E-state index contributed by atoms with van der Waals surface area (Å²) in [4.78, 5) is 1.35. The number of sulfonamides is 1. The number of thiophene rings is 1. The molecule has 1 heterocycles. The maximum atomic E-state index is 12.6. The minimum atomic E-state index is -3.68. The highest BCUT2D eigenvalue weighted by molar-refractivity contribution is 7.93. The van der Waals surface area contributed by atoms with Crippen molar-refractivity contribution < 1.29 is 8.42 Å². The summed E-state index contributed by atoms with van der Waals surface area (Å²) in [7, 11) is -3.68. The number of nitriles is 1. The molecule has 1 atom stereocenters. The number of nitrogens with one attached hydrogen (secondary N) is 1. The molecule has 4 nitrogen and oxygen atoms in total. The second-order valence-corrected chi connectivity index (χ2v) is 10.3. The smallest absolute Gasteiger partial charge is 0.262 e. The van der Waals surface area contributed by atoms with Crippen LogP contribution in [0.25, 0.3) is 0 Å². The van der Waals surface area contributed by atoms with E-state index in [1.807, 2.05) is 0 Å². The Balaban J connectivity index is 1.95.